The number of aliphatic carboxylic acids is 1. The Balaban J connectivity index is 1.55. The Bertz CT molecular complexity index is 1490. The van der Waals surface area contributed by atoms with Crippen LogP contribution in [-0.4, -0.2) is 35.5 Å². The van der Waals surface area contributed by atoms with E-state index in [2.05, 4.69) is 32.2 Å². The maximum Gasteiger partial charge on any atom is 0.376 e. The summed E-state index contributed by atoms with van der Waals surface area (Å²) in [7, 11) is 0. The lowest BCUT2D eigenvalue weighted by atomic mass is 9.87. The van der Waals surface area contributed by atoms with Crippen molar-refractivity contribution in [1.29, 1.82) is 0 Å². The van der Waals surface area contributed by atoms with Gasteiger partial charge in [0, 0.05) is 16.9 Å². The zero-order chi connectivity index (χ0) is 31.2. The number of nitrogens with zero attached hydrogens (tertiary/aromatic N) is 1. The van der Waals surface area contributed by atoms with Crippen LogP contribution in [0.3, 0.4) is 0 Å². The third-order valence-electron chi connectivity index (χ3n) is 7.41. The third kappa shape index (κ3) is 8.28. The van der Waals surface area contributed by atoms with E-state index in [9.17, 15) is 23.2 Å². The van der Waals surface area contributed by atoms with Crippen molar-refractivity contribution in [3.05, 3.63) is 101 Å². The minimum absolute atomic E-state index is 0.0880. The Morgan fingerprint density at radius 3 is 2.23 bits per heavy atom. The lowest BCUT2D eigenvalue weighted by Crippen LogP contribution is -2.42. The number of halogens is 2. The Morgan fingerprint density at radius 1 is 0.930 bits per heavy atom. The zero-order valence-electron chi connectivity index (χ0n) is 24.6. The van der Waals surface area contributed by atoms with Gasteiger partial charge in [-0.1, -0.05) is 63.2 Å². The minimum atomic E-state index is -4.07. The van der Waals surface area contributed by atoms with Crippen LogP contribution < -0.4 is 15.5 Å². The number of carbonyl (C=O) groups excluding carboxylic acids is 2. The van der Waals surface area contributed by atoms with Gasteiger partial charge >= 0.3 is 17.9 Å². The van der Waals surface area contributed by atoms with E-state index in [1.165, 1.54) is 24.1 Å². The maximum atomic E-state index is 13.7. The lowest BCUT2D eigenvalue weighted by molar-refractivity contribution is -0.163. The van der Waals surface area contributed by atoms with E-state index >= 15 is 0 Å². The van der Waals surface area contributed by atoms with Gasteiger partial charge in [-0.2, -0.15) is 8.78 Å². The van der Waals surface area contributed by atoms with Crippen LogP contribution in [0, 0.1) is 0 Å². The molecule has 9 heteroatoms. The number of alkyl halides is 2. The van der Waals surface area contributed by atoms with Crippen molar-refractivity contribution in [1.82, 2.24) is 5.32 Å². The van der Waals surface area contributed by atoms with Crippen LogP contribution >= 0.6 is 0 Å². The average molecular weight is 590 g/mol. The van der Waals surface area contributed by atoms with Crippen molar-refractivity contribution in [2.75, 3.05) is 16.8 Å². The predicted octanol–water partition coefficient (Wildman–Crippen LogP) is 7.63. The fourth-order valence-corrected chi connectivity index (χ4v) is 4.80. The van der Waals surface area contributed by atoms with Gasteiger partial charge in [-0.3, -0.25) is 9.69 Å². The predicted molar refractivity (Wildman–Crippen MR) is 165 cm³/mol. The summed E-state index contributed by atoms with van der Waals surface area (Å²) in [6.45, 7) is 5.16. The normalized spacial score (nSPS) is 13.6. The van der Waals surface area contributed by atoms with Crippen LogP contribution in [-0.2, 0) is 16.8 Å². The van der Waals surface area contributed by atoms with Crippen molar-refractivity contribution in [2.24, 2.45) is 0 Å². The number of carboxylic acids is 1. The molecule has 0 fully saturated rings. The second kappa shape index (κ2) is 13.2. The number of nitrogens with one attached hydrogen (secondary N) is 2. The molecular formula is C34H37F2N3O4. The number of carbonyl (C=O) groups is 3. The number of amides is 3. The van der Waals surface area contributed by atoms with Gasteiger partial charge in [-0.15, -0.1) is 0 Å². The fraction of sp³-hybridized carbons (Fsp3) is 0.324. The molecule has 0 heterocycles. The number of benzene rings is 3. The van der Waals surface area contributed by atoms with E-state index in [0.29, 0.717) is 16.9 Å². The van der Waals surface area contributed by atoms with Gasteiger partial charge in [0.05, 0.1) is 13.1 Å². The third-order valence-corrected chi connectivity index (χ3v) is 7.41. The summed E-state index contributed by atoms with van der Waals surface area (Å²) >= 11 is 0. The molecule has 0 saturated carbocycles. The zero-order valence-corrected chi connectivity index (χ0v) is 24.6. The molecule has 1 aliphatic carbocycles. The highest BCUT2D eigenvalue weighted by molar-refractivity contribution is 6.02. The molecule has 0 spiro atoms. The number of hydrogen-bond acceptors (Lipinski definition) is 3. The molecule has 0 unspecified atom stereocenters. The minimum Gasteiger partial charge on any atom is -0.477 e. The Kier molecular flexibility index (Phi) is 9.63. The summed E-state index contributed by atoms with van der Waals surface area (Å²) in [5.41, 5.74) is 5.56. The molecule has 0 saturated heterocycles. The Morgan fingerprint density at radius 2 is 1.63 bits per heavy atom. The first kappa shape index (κ1) is 31.4. The van der Waals surface area contributed by atoms with Gasteiger partial charge < -0.3 is 15.7 Å². The van der Waals surface area contributed by atoms with E-state index in [1.54, 1.807) is 17.0 Å². The molecule has 3 amide bonds. The van der Waals surface area contributed by atoms with Crippen molar-refractivity contribution >= 4 is 34.9 Å². The van der Waals surface area contributed by atoms with E-state index in [1.807, 2.05) is 53.8 Å². The number of rotatable bonds is 9. The molecule has 43 heavy (non-hydrogen) atoms. The molecule has 0 radical (unpaired) electrons. The van der Waals surface area contributed by atoms with Crippen LogP contribution in [0.25, 0.3) is 5.57 Å². The first-order valence-electron chi connectivity index (χ1n) is 14.3. The number of urea groups is 1. The molecule has 7 nitrogen and oxygen atoms in total. The van der Waals surface area contributed by atoms with Crippen LogP contribution in [0.15, 0.2) is 78.9 Å². The first-order chi connectivity index (χ1) is 20.3. The Labute approximate surface area is 250 Å². The second-order valence-electron chi connectivity index (χ2n) is 11.8. The van der Waals surface area contributed by atoms with Gasteiger partial charge in [-0.05, 0) is 89.8 Å². The van der Waals surface area contributed by atoms with Crippen molar-refractivity contribution in [3.8, 4) is 0 Å². The highest BCUT2D eigenvalue weighted by Gasteiger charge is 2.39. The molecule has 0 atom stereocenters. The van der Waals surface area contributed by atoms with E-state index in [-0.39, 0.29) is 23.6 Å². The average Bonchev–Trinajstić information content (AvgIpc) is 2.99. The molecule has 226 valence electrons. The van der Waals surface area contributed by atoms with Gasteiger partial charge in [0.15, 0.2) is 0 Å². The molecule has 4 rings (SSSR count). The summed E-state index contributed by atoms with van der Waals surface area (Å²) in [6.07, 6.45) is 6.72. The Hall–Kier alpha value is -4.53. The van der Waals surface area contributed by atoms with Gasteiger partial charge in [0.25, 0.3) is 5.91 Å². The van der Waals surface area contributed by atoms with E-state index in [0.717, 1.165) is 30.4 Å². The topological polar surface area (TPSA) is 98.7 Å². The highest BCUT2D eigenvalue weighted by Crippen LogP contribution is 2.30. The SMILES string of the molecule is CC(C)(C)c1cccc(NC(=O)N(Cc2ccc(C(=O)NCC(F)(F)C(=O)O)cc2)c2ccc(C3=CCCCC3)cc2)c1. The molecule has 0 aromatic heterocycles. The quantitative estimate of drug-likeness (QED) is 0.239. The van der Waals surface area contributed by atoms with Crippen LogP contribution in [0.2, 0.25) is 0 Å². The molecule has 1 aliphatic rings. The number of carboxylic acid groups (broad SMARTS) is 1. The lowest BCUT2D eigenvalue weighted by Gasteiger charge is -2.25. The molecule has 0 bridgehead atoms. The van der Waals surface area contributed by atoms with Crippen LogP contribution in [0.5, 0.6) is 0 Å². The van der Waals surface area contributed by atoms with Crippen molar-refractivity contribution in [3.63, 3.8) is 0 Å². The summed E-state index contributed by atoms with van der Waals surface area (Å²) in [5.74, 6) is -7.21. The maximum absolute atomic E-state index is 13.7. The summed E-state index contributed by atoms with van der Waals surface area (Å²) < 4.78 is 26.7. The molecule has 0 aliphatic heterocycles. The highest BCUT2D eigenvalue weighted by atomic mass is 19.3. The number of anilines is 2. The fourth-order valence-electron chi connectivity index (χ4n) is 4.80. The second-order valence-corrected chi connectivity index (χ2v) is 11.8. The summed E-state index contributed by atoms with van der Waals surface area (Å²) in [5, 5.41) is 13.5. The summed E-state index contributed by atoms with van der Waals surface area (Å²) in [4.78, 5) is 38.2. The van der Waals surface area contributed by atoms with E-state index < -0.39 is 24.3 Å². The molecule has 3 N–H and O–H groups in total. The molecular weight excluding hydrogens is 552 g/mol. The van der Waals surface area contributed by atoms with Gasteiger partial charge in [0.2, 0.25) is 0 Å². The summed E-state index contributed by atoms with van der Waals surface area (Å²) in [6, 6.07) is 21.4. The molecule has 3 aromatic carbocycles. The number of allylic oxidation sites excluding steroid dienone is 2. The van der Waals surface area contributed by atoms with E-state index in [4.69, 9.17) is 5.11 Å². The first-order valence-corrected chi connectivity index (χ1v) is 14.3. The van der Waals surface area contributed by atoms with Gasteiger partial charge in [0.1, 0.15) is 0 Å². The number of hydrogen-bond donors (Lipinski definition) is 3. The standard InChI is InChI=1S/C34H37F2N3O4/c1-33(2,3)27-10-7-11-28(20-27)38-32(43)39(29-18-16-25(17-19-29)24-8-5-4-6-9-24)21-23-12-14-26(15-13-23)30(40)37-22-34(35,36)31(41)42/h7-8,10-20H,4-6,9,21-22H2,1-3H3,(H,37,40)(H,38,43)(H,41,42). The van der Waals surface area contributed by atoms with Gasteiger partial charge in [-0.25, -0.2) is 9.59 Å². The smallest absolute Gasteiger partial charge is 0.376 e. The monoisotopic (exact) mass is 589 g/mol. The van der Waals surface area contributed by atoms with Crippen molar-refractivity contribution in [2.45, 2.75) is 64.3 Å². The molecule has 3 aromatic rings. The van der Waals surface area contributed by atoms with Crippen LogP contribution in [0.4, 0.5) is 25.0 Å². The van der Waals surface area contributed by atoms with Crippen molar-refractivity contribution < 1.29 is 28.3 Å². The van der Waals surface area contributed by atoms with Crippen LogP contribution in [0.1, 0.15) is 73.5 Å². The largest absolute Gasteiger partial charge is 0.477 e.